The number of carbonyl (C=O) groups excluding carboxylic acids is 2. The third-order valence-electron chi connectivity index (χ3n) is 7.16. The Kier molecular flexibility index (Phi) is 11.3. The van der Waals surface area contributed by atoms with Gasteiger partial charge in [0.15, 0.2) is 0 Å². The summed E-state index contributed by atoms with van der Waals surface area (Å²) >= 11 is 0. The van der Waals surface area contributed by atoms with Gasteiger partial charge in [-0.3, -0.25) is 0 Å². The summed E-state index contributed by atoms with van der Waals surface area (Å²) in [4.78, 5) is 27.6. The summed E-state index contributed by atoms with van der Waals surface area (Å²) in [5, 5.41) is 3.04. The smallest absolute Gasteiger partial charge is 0.407 e. The van der Waals surface area contributed by atoms with E-state index in [9.17, 15) is 9.59 Å². The fourth-order valence-electron chi connectivity index (χ4n) is 5.22. The molecule has 0 bridgehead atoms. The third kappa shape index (κ3) is 8.62. The number of amides is 1. The molecule has 1 aliphatic carbocycles. The van der Waals surface area contributed by atoms with Crippen LogP contribution in [0.1, 0.15) is 75.7 Å². The van der Waals surface area contributed by atoms with Crippen LogP contribution >= 0.6 is 0 Å². The number of rotatable bonds is 11. The molecule has 220 valence electrons. The first-order chi connectivity index (χ1) is 19.1. The monoisotopic (exact) mass is 554 g/mol. The third-order valence-corrected chi connectivity index (χ3v) is 7.16. The number of hydrogen-bond donors (Lipinski definition) is 1. The minimum Gasteiger partial charge on any atom is -0.491 e. The van der Waals surface area contributed by atoms with E-state index in [2.05, 4.69) is 23.2 Å². The van der Waals surface area contributed by atoms with Gasteiger partial charge in [-0.15, -0.1) is 0 Å². The fraction of sp³-hybridized carbons (Fsp3) is 0.562. The van der Waals surface area contributed by atoms with Crippen LogP contribution in [-0.2, 0) is 14.2 Å². The van der Waals surface area contributed by atoms with Crippen molar-refractivity contribution in [3.05, 3.63) is 47.5 Å². The van der Waals surface area contributed by atoms with Gasteiger partial charge in [-0.05, 0) is 101 Å². The quantitative estimate of drug-likeness (QED) is 0.250. The summed E-state index contributed by atoms with van der Waals surface area (Å²) in [6, 6.07) is 12.4. The highest BCUT2D eigenvalue weighted by Gasteiger charge is 2.30. The lowest BCUT2D eigenvalue weighted by Crippen LogP contribution is -2.45. The molecule has 8 heteroatoms. The van der Waals surface area contributed by atoms with Crippen LogP contribution < -0.4 is 15.0 Å². The summed E-state index contributed by atoms with van der Waals surface area (Å²) in [5.74, 6) is 0.424. The number of anilines is 1. The van der Waals surface area contributed by atoms with Gasteiger partial charge >= 0.3 is 12.1 Å². The molecule has 1 saturated carbocycles. The van der Waals surface area contributed by atoms with Gasteiger partial charge in [-0.2, -0.15) is 0 Å². The van der Waals surface area contributed by atoms with E-state index in [1.807, 2.05) is 58.0 Å². The molecule has 40 heavy (non-hydrogen) atoms. The Bertz CT molecular complexity index is 1120. The number of methoxy groups -OCH3 is 2. The first-order valence-electron chi connectivity index (χ1n) is 14.3. The van der Waals surface area contributed by atoms with E-state index in [-0.39, 0.29) is 18.1 Å². The summed E-state index contributed by atoms with van der Waals surface area (Å²) < 4.78 is 21.4. The summed E-state index contributed by atoms with van der Waals surface area (Å²) in [5.41, 5.74) is 3.95. The van der Waals surface area contributed by atoms with Crippen molar-refractivity contribution in [1.29, 1.82) is 0 Å². The molecule has 0 radical (unpaired) electrons. The molecule has 1 aliphatic rings. The largest absolute Gasteiger partial charge is 0.491 e. The zero-order valence-corrected chi connectivity index (χ0v) is 25.2. The topological polar surface area (TPSA) is 86.3 Å². The van der Waals surface area contributed by atoms with E-state index in [0.29, 0.717) is 24.8 Å². The summed E-state index contributed by atoms with van der Waals surface area (Å²) in [6.07, 6.45) is 4.23. The standard InChI is InChI=1S/C32H46N2O6/c1-8-17-34(26-13-11-25(12-14-26)33-31(36)40-32(3,4)5)29-21-24(20-28(22(29)2)30(35)38-7)23-9-15-27(16-10-23)39-19-18-37-6/h9-10,15-16,20-21,25-26H,8,11-14,17-19H2,1-7H3,(H,33,36). The van der Waals surface area contributed by atoms with Crippen LogP contribution in [-0.4, -0.2) is 63.7 Å². The van der Waals surface area contributed by atoms with Gasteiger partial charge in [-0.25, -0.2) is 9.59 Å². The van der Waals surface area contributed by atoms with Crippen molar-refractivity contribution in [2.45, 2.75) is 84.4 Å². The van der Waals surface area contributed by atoms with E-state index in [0.717, 1.165) is 66.8 Å². The molecule has 0 spiro atoms. The normalized spacial score (nSPS) is 17.2. The van der Waals surface area contributed by atoms with E-state index in [1.54, 1.807) is 7.11 Å². The van der Waals surface area contributed by atoms with Crippen LogP contribution in [0.3, 0.4) is 0 Å². The molecule has 3 rings (SSSR count). The minimum absolute atomic E-state index is 0.0947. The molecule has 0 aliphatic heterocycles. The van der Waals surface area contributed by atoms with Crippen LogP contribution in [0, 0.1) is 6.92 Å². The van der Waals surface area contributed by atoms with Gasteiger partial charge in [0.25, 0.3) is 0 Å². The minimum atomic E-state index is -0.517. The highest BCUT2D eigenvalue weighted by molar-refractivity contribution is 5.95. The van der Waals surface area contributed by atoms with Crippen molar-refractivity contribution in [3.8, 4) is 16.9 Å². The average molecular weight is 555 g/mol. The molecule has 2 aromatic carbocycles. The molecule has 0 saturated heterocycles. The molecule has 2 aromatic rings. The van der Waals surface area contributed by atoms with Gasteiger partial charge in [0.05, 0.1) is 19.3 Å². The average Bonchev–Trinajstić information content (AvgIpc) is 2.92. The number of benzene rings is 2. The molecule has 1 fully saturated rings. The number of alkyl carbamates (subject to hydrolysis) is 1. The maximum Gasteiger partial charge on any atom is 0.407 e. The Labute approximate surface area is 239 Å². The number of nitrogens with zero attached hydrogens (tertiary/aromatic N) is 1. The summed E-state index contributed by atoms with van der Waals surface area (Å²) in [7, 11) is 3.07. The molecule has 8 nitrogen and oxygen atoms in total. The van der Waals surface area contributed by atoms with Crippen molar-refractivity contribution in [1.82, 2.24) is 5.32 Å². The predicted molar refractivity (Wildman–Crippen MR) is 158 cm³/mol. The highest BCUT2D eigenvalue weighted by atomic mass is 16.6. The van der Waals surface area contributed by atoms with Crippen LogP contribution in [0.5, 0.6) is 5.75 Å². The number of hydrogen-bond acceptors (Lipinski definition) is 7. The lowest BCUT2D eigenvalue weighted by Gasteiger charge is -2.39. The van der Waals surface area contributed by atoms with E-state index >= 15 is 0 Å². The highest BCUT2D eigenvalue weighted by Crippen LogP contribution is 2.36. The SMILES string of the molecule is CCCN(c1cc(-c2ccc(OCCOC)cc2)cc(C(=O)OC)c1C)C1CCC(NC(=O)OC(C)(C)C)CC1. The zero-order valence-electron chi connectivity index (χ0n) is 25.2. The van der Waals surface area contributed by atoms with Crippen LogP contribution in [0.25, 0.3) is 11.1 Å². The first kappa shape index (κ1) is 31.3. The second kappa shape index (κ2) is 14.4. The van der Waals surface area contributed by atoms with Crippen LogP contribution in [0.15, 0.2) is 36.4 Å². The maximum atomic E-state index is 12.8. The van der Waals surface area contributed by atoms with E-state index in [1.165, 1.54) is 7.11 Å². The van der Waals surface area contributed by atoms with Gasteiger partial charge < -0.3 is 29.2 Å². The van der Waals surface area contributed by atoms with Gasteiger partial charge in [0.1, 0.15) is 18.0 Å². The Hall–Kier alpha value is -3.26. The van der Waals surface area contributed by atoms with E-state index < -0.39 is 5.60 Å². The molecule has 0 heterocycles. The molecular weight excluding hydrogens is 508 g/mol. The molecule has 0 atom stereocenters. The van der Waals surface area contributed by atoms with Crippen molar-refractivity contribution in [3.63, 3.8) is 0 Å². The summed E-state index contributed by atoms with van der Waals surface area (Å²) in [6.45, 7) is 11.7. The van der Waals surface area contributed by atoms with Gasteiger partial charge in [0, 0.05) is 31.4 Å². The number of esters is 1. The molecule has 1 amide bonds. The molecular formula is C32H46N2O6. The predicted octanol–water partition coefficient (Wildman–Crippen LogP) is 6.53. The maximum absolute atomic E-state index is 12.8. The second-order valence-corrected chi connectivity index (χ2v) is 11.4. The van der Waals surface area contributed by atoms with Gasteiger partial charge in [-0.1, -0.05) is 19.1 Å². The molecule has 0 aromatic heterocycles. The first-order valence-corrected chi connectivity index (χ1v) is 14.3. The van der Waals surface area contributed by atoms with Crippen LogP contribution in [0.2, 0.25) is 0 Å². The second-order valence-electron chi connectivity index (χ2n) is 11.4. The fourth-order valence-corrected chi connectivity index (χ4v) is 5.22. The van der Waals surface area contributed by atoms with E-state index in [4.69, 9.17) is 18.9 Å². The van der Waals surface area contributed by atoms with Crippen molar-refractivity contribution in [2.24, 2.45) is 0 Å². The Morgan fingerprint density at radius 2 is 1.65 bits per heavy atom. The Morgan fingerprint density at radius 1 is 0.975 bits per heavy atom. The van der Waals surface area contributed by atoms with Crippen molar-refractivity contribution >= 4 is 17.7 Å². The number of nitrogens with one attached hydrogen (secondary N) is 1. The lowest BCUT2D eigenvalue weighted by atomic mass is 9.88. The number of ether oxygens (including phenoxy) is 4. The Morgan fingerprint density at radius 3 is 2.23 bits per heavy atom. The Balaban J connectivity index is 1.86. The molecule has 0 unspecified atom stereocenters. The zero-order chi connectivity index (χ0) is 29.3. The van der Waals surface area contributed by atoms with Crippen LogP contribution in [0.4, 0.5) is 10.5 Å². The van der Waals surface area contributed by atoms with Gasteiger partial charge in [0.2, 0.25) is 0 Å². The van der Waals surface area contributed by atoms with Crippen molar-refractivity contribution in [2.75, 3.05) is 38.9 Å². The van der Waals surface area contributed by atoms with Crippen molar-refractivity contribution < 1.29 is 28.5 Å². The number of carbonyl (C=O) groups is 2. The lowest BCUT2D eigenvalue weighted by molar-refractivity contribution is 0.0490. The molecule has 1 N–H and O–H groups in total.